The van der Waals surface area contributed by atoms with Crippen molar-refractivity contribution >= 4 is 11.6 Å². The first kappa shape index (κ1) is 11.8. The summed E-state index contributed by atoms with van der Waals surface area (Å²) in [6.45, 7) is 8.92. The molecule has 18 heavy (non-hydrogen) atoms. The van der Waals surface area contributed by atoms with Gasteiger partial charge in [-0.2, -0.15) is 0 Å². The first-order valence-corrected chi connectivity index (χ1v) is 6.84. The summed E-state index contributed by atoms with van der Waals surface area (Å²) in [5.74, 6) is 1.61. The molecule has 1 aromatic carbocycles. The number of para-hydroxylation sites is 1. The van der Waals surface area contributed by atoms with Crippen molar-refractivity contribution in [1.82, 2.24) is 0 Å². The molecule has 0 bridgehead atoms. The Labute approximate surface area is 109 Å². The van der Waals surface area contributed by atoms with Gasteiger partial charge in [0.15, 0.2) is 0 Å². The van der Waals surface area contributed by atoms with Crippen LogP contribution in [0.25, 0.3) is 0 Å². The van der Waals surface area contributed by atoms with E-state index >= 15 is 0 Å². The molecule has 2 aliphatic rings. The van der Waals surface area contributed by atoms with E-state index in [0.717, 1.165) is 5.69 Å². The minimum absolute atomic E-state index is 0.206. The van der Waals surface area contributed by atoms with E-state index in [1.54, 1.807) is 0 Å². The Kier molecular flexibility index (Phi) is 2.35. The van der Waals surface area contributed by atoms with E-state index in [2.05, 4.69) is 27.7 Å². The first-order valence-electron chi connectivity index (χ1n) is 6.84. The van der Waals surface area contributed by atoms with Crippen molar-refractivity contribution in [2.24, 2.45) is 23.2 Å². The van der Waals surface area contributed by atoms with Gasteiger partial charge in [0.1, 0.15) is 0 Å². The molecule has 0 radical (unpaired) electrons. The SMILES string of the molecule is CC(C)C1[C@@H]2[C@H](C(=O)N1c1ccccc1)C2(C)C. The lowest BCUT2D eigenvalue weighted by atomic mass is 9.92. The van der Waals surface area contributed by atoms with Crippen LogP contribution in [0, 0.1) is 23.2 Å². The fourth-order valence-electron chi connectivity index (χ4n) is 3.84. The summed E-state index contributed by atoms with van der Waals surface area (Å²) in [6, 6.07) is 10.5. The Morgan fingerprint density at radius 3 is 2.33 bits per heavy atom. The number of rotatable bonds is 2. The van der Waals surface area contributed by atoms with Gasteiger partial charge in [0.05, 0.1) is 0 Å². The molecule has 1 saturated heterocycles. The predicted molar refractivity (Wildman–Crippen MR) is 73.3 cm³/mol. The molecule has 2 nitrogen and oxygen atoms in total. The van der Waals surface area contributed by atoms with Crippen LogP contribution in [0.2, 0.25) is 0 Å². The highest BCUT2D eigenvalue weighted by Crippen LogP contribution is 2.66. The number of carbonyl (C=O) groups is 1. The molecular formula is C16H21NO. The number of anilines is 1. The lowest BCUT2D eigenvalue weighted by Gasteiger charge is -2.33. The number of amides is 1. The standard InChI is InChI=1S/C16H21NO/c1-10(2)14-12-13(16(12,3)4)15(18)17(14)11-8-6-5-7-9-11/h5-10,12-14H,1-4H3/t12-,13+,14?/m0/s1. The van der Waals surface area contributed by atoms with Crippen LogP contribution in [0.4, 0.5) is 5.69 Å². The van der Waals surface area contributed by atoms with E-state index in [0.29, 0.717) is 23.8 Å². The highest BCUT2D eigenvalue weighted by molar-refractivity contribution is 6.02. The normalized spacial score (nSPS) is 32.8. The maximum absolute atomic E-state index is 12.6. The number of hydrogen-bond acceptors (Lipinski definition) is 1. The summed E-state index contributed by atoms with van der Waals surface area (Å²) in [5, 5.41) is 0. The van der Waals surface area contributed by atoms with Gasteiger partial charge >= 0.3 is 0 Å². The fraction of sp³-hybridized carbons (Fsp3) is 0.562. The average molecular weight is 243 g/mol. The predicted octanol–water partition coefficient (Wildman–Crippen LogP) is 3.33. The van der Waals surface area contributed by atoms with E-state index in [9.17, 15) is 4.79 Å². The average Bonchev–Trinajstić information content (AvgIpc) is 2.72. The van der Waals surface area contributed by atoms with Gasteiger partial charge in [-0.3, -0.25) is 4.79 Å². The van der Waals surface area contributed by atoms with Crippen LogP contribution in [-0.2, 0) is 4.79 Å². The summed E-state index contributed by atoms with van der Waals surface area (Å²) in [4.78, 5) is 14.7. The zero-order valence-electron chi connectivity index (χ0n) is 11.6. The molecule has 1 aliphatic heterocycles. The maximum Gasteiger partial charge on any atom is 0.231 e. The van der Waals surface area contributed by atoms with Gasteiger partial charge in [0, 0.05) is 17.6 Å². The van der Waals surface area contributed by atoms with E-state index < -0.39 is 0 Å². The summed E-state index contributed by atoms with van der Waals surface area (Å²) in [6.07, 6.45) is 0. The van der Waals surface area contributed by atoms with Crippen molar-refractivity contribution in [2.75, 3.05) is 4.90 Å². The molecule has 2 fully saturated rings. The lowest BCUT2D eigenvalue weighted by Crippen LogP contribution is -2.42. The van der Waals surface area contributed by atoms with Crippen LogP contribution in [0.3, 0.4) is 0 Å². The zero-order valence-corrected chi connectivity index (χ0v) is 11.6. The maximum atomic E-state index is 12.6. The van der Waals surface area contributed by atoms with Gasteiger partial charge in [0.25, 0.3) is 0 Å². The second-order valence-electron chi connectivity index (χ2n) is 6.60. The van der Waals surface area contributed by atoms with Crippen molar-refractivity contribution in [2.45, 2.75) is 33.7 Å². The quantitative estimate of drug-likeness (QED) is 0.780. The number of hydrogen-bond donors (Lipinski definition) is 0. The molecule has 0 N–H and O–H groups in total. The summed E-state index contributed by atoms with van der Waals surface area (Å²) in [5.41, 5.74) is 1.27. The third-order valence-corrected chi connectivity index (χ3v) is 4.80. The highest BCUT2D eigenvalue weighted by atomic mass is 16.2. The topological polar surface area (TPSA) is 20.3 Å². The molecule has 3 atom stereocenters. The fourth-order valence-corrected chi connectivity index (χ4v) is 3.84. The number of fused-ring (bicyclic) bond motifs is 1. The van der Waals surface area contributed by atoms with Crippen LogP contribution in [0.5, 0.6) is 0 Å². The van der Waals surface area contributed by atoms with Crippen molar-refractivity contribution in [3.05, 3.63) is 30.3 Å². The molecule has 1 heterocycles. The van der Waals surface area contributed by atoms with Crippen LogP contribution in [0.15, 0.2) is 30.3 Å². The van der Waals surface area contributed by atoms with Gasteiger partial charge in [-0.15, -0.1) is 0 Å². The number of carbonyl (C=O) groups excluding carboxylic acids is 1. The molecule has 1 amide bonds. The van der Waals surface area contributed by atoms with E-state index in [-0.39, 0.29) is 11.3 Å². The Morgan fingerprint density at radius 2 is 1.78 bits per heavy atom. The molecule has 2 heteroatoms. The molecule has 0 aromatic heterocycles. The number of benzene rings is 1. The summed E-state index contributed by atoms with van der Waals surface area (Å²) >= 11 is 0. The van der Waals surface area contributed by atoms with E-state index in [1.807, 2.05) is 35.2 Å². The third kappa shape index (κ3) is 1.38. The molecule has 3 rings (SSSR count). The molecule has 1 saturated carbocycles. The highest BCUT2D eigenvalue weighted by Gasteiger charge is 2.72. The van der Waals surface area contributed by atoms with Crippen molar-refractivity contribution < 1.29 is 4.79 Å². The van der Waals surface area contributed by atoms with Gasteiger partial charge in [0.2, 0.25) is 5.91 Å². The second kappa shape index (κ2) is 3.59. The Morgan fingerprint density at radius 1 is 1.17 bits per heavy atom. The van der Waals surface area contributed by atoms with Gasteiger partial charge in [-0.1, -0.05) is 45.9 Å². The molecular weight excluding hydrogens is 222 g/mol. The van der Waals surface area contributed by atoms with Crippen molar-refractivity contribution in [3.63, 3.8) is 0 Å². The largest absolute Gasteiger partial charge is 0.309 e. The van der Waals surface area contributed by atoms with E-state index in [1.165, 1.54) is 0 Å². The van der Waals surface area contributed by atoms with Crippen LogP contribution < -0.4 is 4.90 Å². The minimum Gasteiger partial charge on any atom is -0.309 e. The Balaban J connectivity index is 1.99. The third-order valence-electron chi connectivity index (χ3n) is 4.80. The number of nitrogens with zero attached hydrogens (tertiary/aromatic N) is 1. The van der Waals surface area contributed by atoms with Crippen LogP contribution >= 0.6 is 0 Å². The van der Waals surface area contributed by atoms with Crippen molar-refractivity contribution in [1.29, 1.82) is 0 Å². The molecule has 96 valence electrons. The monoisotopic (exact) mass is 243 g/mol. The van der Waals surface area contributed by atoms with Crippen molar-refractivity contribution in [3.8, 4) is 0 Å². The first-order chi connectivity index (χ1) is 8.46. The van der Waals surface area contributed by atoms with Crippen LogP contribution in [-0.4, -0.2) is 11.9 Å². The molecule has 1 aromatic rings. The Hall–Kier alpha value is -1.31. The molecule has 0 spiro atoms. The lowest BCUT2D eigenvalue weighted by molar-refractivity contribution is -0.119. The molecule has 1 aliphatic carbocycles. The summed E-state index contributed by atoms with van der Waals surface area (Å²) < 4.78 is 0. The van der Waals surface area contributed by atoms with Gasteiger partial charge in [-0.25, -0.2) is 0 Å². The smallest absolute Gasteiger partial charge is 0.231 e. The van der Waals surface area contributed by atoms with Gasteiger partial charge < -0.3 is 4.90 Å². The van der Waals surface area contributed by atoms with E-state index in [4.69, 9.17) is 0 Å². The number of piperidine rings is 1. The summed E-state index contributed by atoms with van der Waals surface area (Å²) in [7, 11) is 0. The van der Waals surface area contributed by atoms with Gasteiger partial charge in [-0.05, 0) is 29.4 Å². The zero-order chi connectivity index (χ0) is 13.1. The minimum atomic E-state index is 0.206. The molecule has 1 unspecified atom stereocenters. The second-order valence-corrected chi connectivity index (χ2v) is 6.60. The van der Waals surface area contributed by atoms with Crippen LogP contribution in [0.1, 0.15) is 27.7 Å². The Bertz CT molecular complexity index is 477.